The fraction of sp³-hybridized carbons (Fsp3) is 0.417. The number of nitrogens with zero attached hydrogens (tertiary/aromatic N) is 3. The number of rotatable bonds is 12. The summed E-state index contributed by atoms with van der Waals surface area (Å²) in [6, 6.07) is 9.50. The van der Waals surface area contributed by atoms with E-state index in [-0.39, 0.29) is 36.8 Å². The van der Waals surface area contributed by atoms with Gasteiger partial charge in [0.15, 0.2) is 4.80 Å². The van der Waals surface area contributed by atoms with Gasteiger partial charge >= 0.3 is 0 Å². The van der Waals surface area contributed by atoms with Crippen molar-refractivity contribution in [2.45, 2.75) is 18.4 Å². The van der Waals surface area contributed by atoms with Crippen LogP contribution in [0, 0.1) is 6.92 Å². The molecule has 3 rings (SSSR count). The van der Waals surface area contributed by atoms with Crippen molar-refractivity contribution in [1.82, 2.24) is 8.87 Å². The number of ether oxygens (including phenoxy) is 3. The third kappa shape index (κ3) is 6.41. The molecule has 9 nitrogen and oxygen atoms in total. The Morgan fingerprint density at radius 2 is 1.61 bits per heavy atom. The second kappa shape index (κ2) is 12.9. The molecule has 1 heterocycles. The van der Waals surface area contributed by atoms with Crippen LogP contribution in [0.1, 0.15) is 15.9 Å². The first-order valence-electron chi connectivity index (χ1n) is 11.2. The molecule has 0 radical (unpaired) electrons. The molecule has 0 aliphatic heterocycles. The Labute approximate surface area is 219 Å². The van der Waals surface area contributed by atoms with E-state index in [1.54, 1.807) is 7.11 Å². The summed E-state index contributed by atoms with van der Waals surface area (Å²) in [6.45, 7) is 3.74. The van der Waals surface area contributed by atoms with Crippen molar-refractivity contribution in [3.8, 4) is 0 Å². The minimum atomic E-state index is -3.79. The maximum atomic E-state index is 13.1. The monoisotopic (exact) mass is 555 g/mol. The lowest BCUT2D eigenvalue weighted by Gasteiger charge is -2.21. The van der Waals surface area contributed by atoms with Gasteiger partial charge in [0.1, 0.15) is 0 Å². The molecule has 0 aliphatic carbocycles. The molecule has 12 heteroatoms. The molecule has 0 bridgehead atoms. The number of carbonyl (C=O) groups excluding carboxylic acids is 1. The predicted molar refractivity (Wildman–Crippen MR) is 140 cm³/mol. The molecule has 1 aromatic heterocycles. The molecular weight excluding hydrogens is 526 g/mol. The van der Waals surface area contributed by atoms with Crippen LogP contribution < -0.4 is 4.80 Å². The highest BCUT2D eigenvalue weighted by Gasteiger charge is 2.24. The van der Waals surface area contributed by atoms with Crippen molar-refractivity contribution in [2.75, 3.05) is 54.2 Å². The average molecular weight is 556 g/mol. The zero-order valence-electron chi connectivity index (χ0n) is 20.7. The number of methoxy groups -OCH3 is 3. The second-order valence-corrected chi connectivity index (χ2v) is 11.2. The third-order valence-electron chi connectivity index (χ3n) is 5.57. The van der Waals surface area contributed by atoms with Gasteiger partial charge in [-0.15, -0.1) is 0 Å². The van der Waals surface area contributed by atoms with Crippen molar-refractivity contribution in [2.24, 2.45) is 4.99 Å². The summed E-state index contributed by atoms with van der Waals surface area (Å²) in [5, 5.41) is 0.631. The number of aromatic nitrogens is 1. The van der Waals surface area contributed by atoms with E-state index in [0.717, 1.165) is 15.8 Å². The van der Waals surface area contributed by atoms with E-state index >= 15 is 0 Å². The van der Waals surface area contributed by atoms with E-state index in [2.05, 4.69) is 4.99 Å². The van der Waals surface area contributed by atoms with E-state index in [0.29, 0.717) is 23.0 Å². The molecule has 0 N–H and O–H groups in total. The van der Waals surface area contributed by atoms with Crippen LogP contribution in [0.2, 0.25) is 5.02 Å². The molecule has 0 fully saturated rings. The molecule has 3 aromatic rings. The molecule has 2 aromatic carbocycles. The second-order valence-electron chi connectivity index (χ2n) is 7.88. The quantitative estimate of drug-likeness (QED) is 0.340. The van der Waals surface area contributed by atoms with Crippen molar-refractivity contribution in [3.63, 3.8) is 0 Å². The van der Waals surface area contributed by atoms with Crippen molar-refractivity contribution in [1.29, 1.82) is 0 Å². The normalized spacial score (nSPS) is 12.7. The van der Waals surface area contributed by atoms with Gasteiger partial charge in [0.05, 0.1) is 34.9 Å². The largest absolute Gasteiger partial charge is 0.383 e. The van der Waals surface area contributed by atoms with Gasteiger partial charge in [-0.25, -0.2) is 8.42 Å². The van der Waals surface area contributed by atoms with Gasteiger partial charge in [0.25, 0.3) is 5.91 Å². The number of hydrogen-bond donors (Lipinski definition) is 0. The van der Waals surface area contributed by atoms with E-state index in [4.69, 9.17) is 25.8 Å². The number of aryl methyl sites for hydroxylation is 1. The topological polar surface area (TPSA) is 99.4 Å². The Morgan fingerprint density at radius 3 is 2.19 bits per heavy atom. The maximum absolute atomic E-state index is 13.1. The Bertz CT molecular complexity index is 1360. The first-order chi connectivity index (χ1) is 17.2. The zero-order chi connectivity index (χ0) is 26.3. The number of fused-ring (bicyclic) bond motifs is 1. The Morgan fingerprint density at radius 1 is 1.00 bits per heavy atom. The van der Waals surface area contributed by atoms with Crippen LogP contribution in [-0.2, 0) is 30.8 Å². The van der Waals surface area contributed by atoms with E-state index in [9.17, 15) is 13.2 Å². The van der Waals surface area contributed by atoms with Crippen molar-refractivity contribution < 1.29 is 27.4 Å². The molecule has 196 valence electrons. The van der Waals surface area contributed by atoms with Gasteiger partial charge in [0, 0.05) is 51.5 Å². The van der Waals surface area contributed by atoms with Gasteiger partial charge in [-0.2, -0.15) is 9.30 Å². The van der Waals surface area contributed by atoms with Gasteiger partial charge in [-0.05, 0) is 48.9 Å². The summed E-state index contributed by atoms with van der Waals surface area (Å²) in [5.74, 6) is -0.476. The number of benzene rings is 2. The zero-order valence-corrected chi connectivity index (χ0v) is 23.1. The standard InChI is InChI=1S/C24H30ClN3O6S2/c1-17-20(25)9-10-21-22(17)28(13-16-34-4)24(35-21)26-23(29)18-5-7-19(8-6-18)36(30,31)27(11-14-32-2)12-15-33-3/h5-10H,11-16H2,1-4H3. The summed E-state index contributed by atoms with van der Waals surface area (Å²) in [4.78, 5) is 18.0. The average Bonchev–Trinajstić information content (AvgIpc) is 3.22. The molecule has 0 saturated heterocycles. The highest BCUT2D eigenvalue weighted by Crippen LogP contribution is 2.27. The van der Waals surface area contributed by atoms with Gasteiger partial charge in [-0.3, -0.25) is 4.79 Å². The van der Waals surface area contributed by atoms with Crippen LogP contribution in [0.3, 0.4) is 0 Å². The SMILES string of the molecule is COCCN(CCOC)S(=O)(=O)c1ccc(C(=O)N=c2sc3ccc(Cl)c(C)c3n2CCOC)cc1. The summed E-state index contributed by atoms with van der Waals surface area (Å²) >= 11 is 7.71. The van der Waals surface area contributed by atoms with Gasteiger partial charge < -0.3 is 18.8 Å². The van der Waals surface area contributed by atoms with Crippen LogP contribution in [-0.4, -0.2) is 77.4 Å². The number of thiazole rings is 1. The number of halogens is 1. The minimum Gasteiger partial charge on any atom is -0.383 e. The Balaban J connectivity index is 1.94. The van der Waals surface area contributed by atoms with E-state index in [1.165, 1.54) is 54.1 Å². The third-order valence-corrected chi connectivity index (χ3v) is 8.94. The lowest BCUT2D eigenvalue weighted by Crippen LogP contribution is -2.36. The summed E-state index contributed by atoms with van der Waals surface area (Å²) in [5.41, 5.74) is 2.08. The number of sulfonamides is 1. The van der Waals surface area contributed by atoms with Crippen LogP contribution >= 0.6 is 22.9 Å². The Hall–Kier alpha value is -2.12. The molecule has 0 saturated carbocycles. The highest BCUT2D eigenvalue weighted by molar-refractivity contribution is 7.89. The Kier molecular flexibility index (Phi) is 10.2. The molecule has 0 aliphatic rings. The number of amides is 1. The van der Waals surface area contributed by atoms with Crippen molar-refractivity contribution in [3.05, 3.63) is 57.3 Å². The summed E-state index contributed by atoms with van der Waals surface area (Å²) < 4.78 is 45.7. The lowest BCUT2D eigenvalue weighted by atomic mass is 10.2. The van der Waals surface area contributed by atoms with Crippen molar-refractivity contribution >= 4 is 49.1 Å². The first kappa shape index (κ1) is 28.5. The molecule has 36 heavy (non-hydrogen) atoms. The fourth-order valence-corrected chi connectivity index (χ4v) is 6.27. The van der Waals surface area contributed by atoms with Crippen LogP contribution in [0.4, 0.5) is 0 Å². The van der Waals surface area contributed by atoms with Gasteiger partial charge in [-0.1, -0.05) is 22.9 Å². The fourth-order valence-electron chi connectivity index (χ4n) is 3.60. The smallest absolute Gasteiger partial charge is 0.279 e. The first-order valence-corrected chi connectivity index (χ1v) is 13.8. The molecule has 1 amide bonds. The van der Waals surface area contributed by atoms with Crippen LogP contribution in [0.15, 0.2) is 46.3 Å². The van der Waals surface area contributed by atoms with Crippen LogP contribution in [0.5, 0.6) is 0 Å². The molecule has 0 spiro atoms. The summed E-state index contributed by atoms with van der Waals surface area (Å²) in [6.07, 6.45) is 0. The maximum Gasteiger partial charge on any atom is 0.279 e. The molecular formula is C24H30ClN3O6S2. The number of carbonyl (C=O) groups is 1. The molecule has 0 unspecified atom stereocenters. The van der Waals surface area contributed by atoms with Gasteiger partial charge in [0.2, 0.25) is 10.0 Å². The lowest BCUT2D eigenvalue weighted by molar-refractivity contribution is 0.0997. The van der Waals surface area contributed by atoms with E-state index < -0.39 is 15.9 Å². The van der Waals surface area contributed by atoms with Crippen LogP contribution in [0.25, 0.3) is 10.2 Å². The summed E-state index contributed by atoms with van der Waals surface area (Å²) in [7, 11) is 0.843. The molecule has 0 atom stereocenters. The highest BCUT2D eigenvalue weighted by atomic mass is 35.5. The number of hydrogen-bond acceptors (Lipinski definition) is 7. The predicted octanol–water partition coefficient (Wildman–Crippen LogP) is 3.34. The van der Waals surface area contributed by atoms with E-state index in [1.807, 2.05) is 23.6 Å². The minimum absolute atomic E-state index is 0.0774.